The summed E-state index contributed by atoms with van der Waals surface area (Å²) in [5.41, 5.74) is 13.2. The van der Waals surface area contributed by atoms with Crippen LogP contribution in [0.1, 0.15) is 50.6 Å². The number of rotatable bonds is 21. The standard InChI is InChI=1S/C57H62N4O8/c1-13-36(14-2)42(56-58-52(38-20-24-44(62-5)48(30-38)66-9)53(59-56)39-21-25-45(63-6)49(31-39)67-10)28-34(4)16-17-35-18-19-37(15-3)43(29-35)57-60-54(40-22-26-46(64-7)50(32-40)68-11)55(61-57)41-23-27-47(65-8)51(33-41)69-12/h13,18-33H,1,14-17H2,2-12H3,(H,58,59)(H,60,61)/b34-28+,42-36-. The molecule has 0 amide bonds. The van der Waals surface area contributed by atoms with Gasteiger partial charge in [-0.15, -0.1) is 0 Å². The predicted octanol–water partition coefficient (Wildman–Crippen LogP) is 13.0. The fraction of sp³-hybridized carbons (Fsp3) is 0.263. The Bertz CT molecular complexity index is 2870. The quantitative estimate of drug-likeness (QED) is 0.0672. The SMILES string of the molecule is C=C/C(CC)=C(\C=C(/C)CCc1ccc(CC)c(-c2nc(-c3ccc(OC)c(OC)c3)c(-c3ccc(OC)c(OC)c3)[nH]2)c1)c1nc(-c2ccc(OC)c(OC)c2)c(-c2ccc(OC)c(OC)c2)[nH]1. The van der Waals surface area contributed by atoms with E-state index in [0.717, 1.165) is 93.2 Å². The van der Waals surface area contributed by atoms with Crippen molar-refractivity contribution in [2.24, 2.45) is 0 Å². The number of methoxy groups -OCH3 is 8. The van der Waals surface area contributed by atoms with Crippen molar-refractivity contribution in [2.75, 3.05) is 56.9 Å². The van der Waals surface area contributed by atoms with Crippen LogP contribution < -0.4 is 37.9 Å². The number of nitrogens with one attached hydrogen (secondary N) is 2. The predicted molar refractivity (Wildman–Crippen MR) is 276 cm³/mol. The topological polar surface area (TPSA) is 131 Å². The van der Waals surface area contributed by atoms with Gasteiger partial charge in [0.25, 0.3) is 0 Å². The maximum absolute atomic E-state index is 5.72. The summed E-state index contributed by atoms with van der Waals surface area (Å²) in [5.74, 6) is 6.43. The average molecular weight is 931 g/mol. The van der Waals surface area contributed by atoms with E-state index >= 15 is 0 Å². The number of aromatic amines is 2. The molecule has 0 aliphatic rings. The first-order valence-electron chi connectivity index (χ1n) is 22.8. The molecule has 5 aromatic carbocycles. The Morgan fingerprint density at radius 2 is 0.986 bits per heavy atom. The minimum atomic E-state index is 0.600. The molecule has 0 atom stereocenters. The van der Waals surface area contributed by atoms with Gasteiger partial charge in [0.2, 0.25) is 0 Å². The molecule has 0 fully saturated rings. The van der Waals surface area contributed by atoms with Crippen molar-refractivity contribution in [3.63, 3.8) is 0 Å². The molecule has 2 aromatic heterocycles. The second-order valence-corrected chi connectivity index (χ2v) is 16.2. The van der Waals surface area contributed by atoms with Crippen molar-refractivity contribution < 1.29 is 37.9 Å². The average Bonchev–Trinajstić information content (AvgIpc) is 4.05. The van der Waals surface area contributed by atoms with Gasteiger partial charge in [-0.1, -0.05) is 50.3 Å². The van der Waals surface area contributed by atoms with Gasteiger partial charge >= 0.3 is 0 Å². The lowest BCUT2D eigenvalue weighted by molar-refractivity contribution is 0.355. The van der Waals surface area contributed by atoms with Gasteiger partial charge in [0.1, 0.15) is 11.6 Å². The largest absolute Gasteiger partial charge is 0.493 e. The van der Waals surface area contributed by atoms with Crippen LogP contribution in [-0.4, -0.2) is 76.8 Å². The molecule has 69 heavy (non-hydrogen) atoms. The van der Waals surface area contributed by atoms with E-state index in [0.29, 0.717) is 51.8 Å². The van der Waals surface area contributed by atoms with E-state index in [1.165, 1.54) is 16.7 Å². The molecule has 0 saturated carbocycles. The van der Waals surface area contributed by atoms with Crippen LogP contribution in [0.15, 0.2) is 121 Å². The maximum atomic E-state index is 5.72. The summed E-state index contributed by atoms with van der Waals surface area (Å²) in [7, 11) is 13.0. The van der Waals surface area contributed by atoms with E-state index in [1.807, 2.05) is 78.9 Å². The third-order valence-corrected chi connectivity index (χ3v) is 12.3. The fourth-order valence-corrected chi connectivity index (χ4v) is 8.51. The molecular weight excluding hydrogens is 869 g/mol. The first-order chi connectivity index (χ1) is 33.6. The Morgan fingerprint density at radius 1 is 0.536 bits per heavy atom. The second-order valence-electron chi connectivity index (χ2n) is 16.2. The number of H-pyrrole nitrogens is 2. The van der Waals surface area contributed by atoms with E-state index in [-0.39, 0.29) is 0 Å². The van der Waals surface area contributed by atoms with E-state index in [2.05, 4.69) is 61.6 Å². The fourth-order valence-electron chi connectivity index (χ4n) is 8.51. The molecule has 0 unspecified atom stereocenters. The molecule has 2 heterocycles. The molecule has 0 bridgehead atoms. The van der Waals surface area contributed by atoms with Crippen molar-refractivity contribution in [3.05, 3.63) is 138 Å². The molecular formula is C57H62N4O8. The number of hydrogen-bond donors (Lipinski definition) is 2. The summed E-state index contributed by atoms with van der Waals surface area (Å²) >= 11 is 0. The first kappa shape index (κ1) is 49.1. The van der Waals surface area contributed by atoms with Crippen molar-refractivity contribution in [3.8, 4) is 102 Å². The number of ether oxygens (including phenoxy) is 8. The highest BCUT2D eigenvalue weighted by atomic mass is 16.5. The highest BCUT2D eigenvalue weighted by molar-refractivity contribution is 5.86. The lowest BCUT2D eigenvalue weighted by Gasteiger charge is -2.11. The Kier molecular flexibility index (Phi) is 15.8. The van der Waals surface area contributed by atoms with Crippen molar-refractivity contribution in [2.45, 2.75) is 46.5 Å². The third kappa shape index (κ3) is 10.4. The zero-order valence-electron chi connectivity index (χ0n) is 41.5. The van der Waals surface area contributed by atoms with Gasteiger partial charge in [-0.05, 0) is 128 Å². The minimum Gasteiger partial charge on any atom is -0.493 e. The third-order valence-electron chi connectivity index (χ3n) is 12.3. The Hall–Kier alpha value is -7.86. The van der Waals surface area contributed by atoms with Crippen LogP contribution in [0.5, 0.6) is 46.0 Å². The number of aryl methyl sites for hydroxylation is 2. The number of allylic oxidation sites excluding steroid dienone is 5. The summed E-state index contributed by atoms with van der Waals surface area (Å²) < 4.78 is 45.2. The van der Waals surface area contributed by atoms with Gasteiger partial charge in [-0.25, -0.2) is 9.97 Å². The van der Waals surface area contributed by atoms with E-state index in [1.54, 1.807) is 56.9 Å². The lowest BCUT2D eigenvalue weighted by Crippen LogP contribution is -1.96. The van der Waals surface area contributed by atoms with Crippen molar-refractivity contribution in [1.82, 2.24) is 19.9 Å². The summed E-state index contributed by atoms with van der Waals surface area (Å²) in [6.07, 6.45) is 7.30. The highest BCUT2D eigenvalue weighted by Gasteiger charge is 2.23. The first-order valence-corrected chi connectivity index (χ1v) is 22.8. The van der Waals surface area contributed by atoms with Gasteiger partial charge in [0.05, 0.1) is 79.7 Å². The number of hydrogen-bond acceptors (Lipinski definition) is 10. The maximum Gasteiger partial charge on any atom is 0.161 e. The van der Waals surface area contributed by atoms with Crippen LogP contribution in [-0.2, 0) is 12.8 Å². The molecule has 12 heteroatoms. The number of benzene rings is 5. The lowest BCUT2D eigenvalue weighted by atomic mass is 9.96. The monoisotopic (exact) mass is 930 g/mol. The number of aromatic nitrogens is 4. The van der Waals surface area contributed by atoms with Gasteiger partial charge < -0.3 is 47.9 Å². The van der Waals surface area contributed by atoms with Gasteiger partial charge in [-0.2, -0.15) is 0 Å². The van der Waals surface area contributed by atoms with Gasteiger partial charge in [0.15, 0.2) is 46.0 Å². The molecule has 358 valence electrons. The Balaban J connectivity index is 1.27. The number of nitrogens with zero attached hydrogens (tertiary/aromatic N) is 2. The highest BCUT2D eigenvalue weighted by Crippen LogP contribution is 2.43. The Morgan fingerprint density at radius 3 is 1.43 bits per heavy atom. The van der Waals surface area contributed by atoms with Crippen LogP contribution in [0.4, 0.5) is 0 Å². The van der Waals surface area contributed by atoms with Crippen LogP contribution in [0.2, 0.25) is 0 Å². The molecule has 7 aromatic rings. The van der Waals surface area contributed by atoms with E-state index in [9.17, 15) is 0 Å². The zero-order chi connectivity index (χ0) is 49.2. The van der Waals surface area contributed by atoms with Gasteiger partial charge in [0, 0.05) is 33.4 Å². The second kappa shape index (κ2) is 22.3. The number of imidazole rings is 2. The smallest absolute Gasteiger partial charge is 0.161 e. The molecule has 12 nitrogen and oxygen atoms in total. The van der Waals surface area contributed by atoms with E-state index in [4.69, 9.17) is 47.9 Å². The molecule has 0 saturated heterocycles. The normalized spacial score (nSPS) is 11.7. The van der Waals surface area contributed by atoms with Crippen molar-refractivity contribution >= 4 is 5.57 Å². The van der Waals surface area contributed by atoms with E-state index < -0.39 is 0 Å². The zero-order valence-corrected chi connectivity index (χ0v) is 41.5. The van der Waals surface area contributed by atoms with Gasteiger partial charge in [-0.3, -0.25) is 0 Å². The summed E-state index contributed by atoms with van der Waals surface area (Å²) in [5, 5.41) is 0. The van der Waals surface area contributed by atoms with Crippen molar-refractivity contribution in [1.29, 1.82) is 0 Å². The molecule has 7 rings (SSSR count). The summed E-state index contributed by atoms with van der Waals surface area (Å²) in [4.78, 5) is 18.1. The summed E-state index contributed by atoms with van der Waals surface area (Å²) in [6, 6.07) is 30.1. The molecule has 0 aliphatic heterocycles. The summed E-state index contributed by atoms with van der Waals surface area (Å²) in [6.45, 7) is 10.7. The van der Waals surface area contributed by atoms with Crippen LogP contribution in [0.25, 0.3) is 62.0 Å². The molecule has 0 radical (unpaired) electrons. The minimum absolute atomic E-state index is 0.600. The molecule has 2 N–H and O–H groups in total. The van der Waals surface area contributed by atoms with Crippen LogP contribution in [0, 0.1) is 0 Å². The van der Waals surface area contributed by atoms with Crippen LogP contribution in [0.3, 0.4) is 0 Å². The Labute approximate surface area is 405 Å². The van der Waals surface area contributed by atoms with Crippen LogP contribution >= 0.6 is 0 Å². The molecule has 0 spiro atoms. The molecule has 0 aliphatic carbocycles.